The van der Waals surface area contributed by atoms with Gasteiger partial charge in [-0.05, 0) is 37.1 Å². The van der Waals surface area contributed by atoms with Crippen molar-refractivity contribution in [1.82, 2.24) is 10.6 Å². The van der Waals surface area contributed by atoms with Gasteiger partial charge in [0.2, 0.25) is 0 Å². The third-order valence-corrected chi connectivity index (χ3v) is 6.09. The minimum absolute atomic E-state index is 0.101. The molecular formula is C17H24N2O3S. The first-order valence-corrected chi connectivity index (χ1v) is 9.28. The summed E-state index contributed by atoms with van der Waals surface area (Å²) >= 11 is 1.71. The van der Waals surface area contributed by atoms with Crippen molar-refractivity contribution in [3.63, 3.8) is 0 Å². The molecule has 1 saturated carbocycles. The van der Waals surface area contributed by atoms with Gasteiger partial charge in [0.15, 0.2) is 0 Å². The first-order chi connectivity index (χ1) is 11.2. The quantitative estimate of drug-likeness (QED) is 0.826. The van der Waals surface area contributed by atoms with Crippen LogP contribution < -0.4 is 10.6 Å². The molecule has 6 heteroatoms. The Balaban J connectivity index is 1.58. The van der Waals surface area contributed by atoms with Crippen molar-refractivity contribution >= 4 is 23.2 Å². The molecule has 1 aliphatic carbocycles. The van der Waals surface area contributed by atoms with Gasteiger partial charge in [-0.25, -0.2) is 0 Å². The summed E-state index contributed by atoms with van der Waals surface area (Å²) in [5, 5.41) is 7.75. The van der Waals surface area contributed by atoms with Crippen LogP contribution in [0.15, 0.2) is 17.5 Å². The van der Waals surface area contributed by atoms with Gasteiger partial charge in [0.25, 0.3) is 0 Å². The van der Waals surface area contributed by atoms with Crippen LogP contribution in [-0.4, -0.2) is 37.6 Å². The molecule has 2 heterocycles. The highest BCUT2D eigenvalue weighted by atomic mass is 32.1. The van der Waals surface area contributed by atoms with Crippen LogP contribution in [0.2, 0.25) is 0 Å². The van der Waals surface area contributed by atoms with E-state index in [0.717, 1.165) is 38.5 Å². The molecule has 1 aromatic rings. The number of carbonyl (C=O) groups excluding carboxylic acids is 2. The highest BCUT2D eigenvalue weighted by Gasteiger charge is 2.36. The Hall–Kier alpha value is -1.40. The van der Waals surface area contributed by atoms with Gasteiger partial charge < -0.3 is 15.4 Å². The van der Waals surface area contributed by atoms with Gasteiger partial charge in [-0.15, -0.1) is 11.3 Å². The van der Waals surface area contributed by atoms with Crippen molar-refractivity contribution in [3.05, 3.63) is 22.4 Å². The third kappa shape index (κ3) is 3.93. The number of rotatable bonds is 4. The van der Waals surface area contributed by atoms with Crippen molar-refractivity contribution < 1.29 is 14.3 Å². The fraction of sp³-hybridized carbons (Fsp3) is 0.647. The number of carbonyl (C=O) groups is 2. The Morgan fingerprint density at radius 3 is 2.61 bits per heavy atom. The molecule has 1 aromatic heterocycles. The molecule has 23 heavy (non-hydrogen) atoms. The SMILES string of the molecule is O=C(NCC1(c2cccs2)CCOCC1)C(=O)NC1CCCC1. The first-order valence-electron chi connectivity index (χ1n) is 8.40. The van der Waals surface area contributed by atoms with E-state index >= 15 is 0 Å². The maximum atomic E-state index is 12.1. The lowest BCUT2D eigenvalue weighted by atomic mass is 9.78. The second-order valence-corrected chi connectivity index (χ2v) is 7.46. The summed E-state index contributed by atoms with van der Waals surface area (Å²) in [7, 11) is 0. The van der Waals surface area contributed by atoms with Crippen LogP contribution in [0.4, 0.5) is 0 Å². The van der Waals surface area contributed by atoms with Crippen LogP contribution in [0.1, 0.15) is 43.4 Å². The molecule has 2 fully saturated rings. The summed E-state index contributed by atoms with van der Waals surface area (Å²) in [5.41, 5.74) is -0.101. The van der Waals surface area contributed by atoms with E-state index in [1.165, 1.54) is 4.88 Å². The molecule has 0 radical (unpaired) electrons. The number of ether oxygens (including phenoxy) is 1. The minimum Gasteiger partial charge on any atom is -0.381 e. The molecule has 0 spiro atoms. The Morgan fingerprint density at radius 2 is 1.96 bits per heavy atom. The zero-order valence-corrected chi connectivity index (χ0v) is 14.1. The summed E-state index contributed by atoms with van der Waals surface area (Å²) in [6, 6.07) is 4.31. The summed E-state index contributed by atoms with van der Waals surface area (Å²) in [6.45, 7) is 1.89. The largest absolute Gasteiger partial charge is 0.381 e. The molecule has 0 bridgehead atoms. The Labute approximate surface area is 140 Å². The average molecular weight is 336 g/mol. The standard InChI is InChI=1S/C17H24N2O3S/c20-15(16(21)19-13-4-1-2-5-13)18-12-17(7-9-22-10-8-17)14-6-3-11-23-14/h3,6,11,13H,1-2,4-5,7-10,12H2,(H,18,20)(H,19,21). The molecule has 1 aliphatic heterocycles. The van der Waals surface area contributed by atoms with Crippen molar-refractivity contribution in [2.75, 3.05) is 19.8 Å². The van der Waals surface area contributed by atoms with Gasteiger partial charge in [0, 0.05) is 36.1 Å². The summed E-state index contributed by atoms with van der Waals surface area (Å²) in [4.78, 5) is 25.4. The van der Waals surface area contributed by atoms with Crippen LogP contribution in [0.3, 0.4) is 0 Å². The first kappa shape index (κ1) is 16.5. The summed E-state index contributed by atoms with van der Waals surface area (Å²) in [6.07, 6.45) is 5.98. The van der Waals surface area contributed by atoms with E-state index in [0.29, 0.717) is 19.8 Å². The molecule has 0 aromatic carbocycles. The summed E-state index contributed by atoms with van der Waals surface area (Å²) < 4.78 is 5.48. The molecule has 0 unspecified atom stereocenters. The minimum atomic E-state index is -0.515. The Morgan fingerprint density at radius 1 is 1.22 bits per heavy atom. The lowest BCUT2D eigenvalue weighted by Gasteiger charge is -2.36. The van der Waals surface area contributed by atoms with Gasteiger partial charge in [-0.1, -0.05) is 18.9 Å². The number of hydrogen-bond acceptors (Lipinski definition) is 4. The second-order valence-electron chi connectivity index (χ2n) is 6.51. The summed E-state index contributed by atoms with van der Waals surface area (Å²) in [5.74, 6) is -1.01. The highest BCUT2D eigenvalue weighted by Crippen LogP contribution is 2.36. The molecule has 3 rings (SSSR count). The fourth-order valence-corrected chi connectivity index (χ4v) is 4.49. The predicted octanol–water partition coefficient (Wildman–Crippen LogP) is 1.97. The molecule has 2 aliphatic rings. The molecule has 5 nitrogen and oxygen atoms in total. The predicted molar refractivity (Wildman–Crippen MR) is 89.5 cm³/mol. The normalized spacial score (nSPS) is 21.0. The monoisotopic (exact) mass is 336 g/mol. The maximum Gasteiger partial charge on any atom is 0.309 e. The highest BCUT2D eigenvalue weighted by molar-refractivity contribution is 7.10. The van der Waals surface area contributed by atoms with Crippen LogP contribution in [0.25, 0.3) is 0 Å². The van der Waals surface area contributed by atoms with Crippen molar-refractivity contribution in [3.8, 4) is 0 Å². The lowest BCUT2D eigenvalue weighted by Crippen LogP contribution is -2.49. The Bertz CT molecular complexity index is 532. The van der Waals surface area contributed by atoms with Crippen LogP contribution in [-0.2, 0) is 19.7 Å². The van der Waals surface area contributed by atoms with E-state index in [9.17, 15) is 9.59 Å². The van der Waals surface area contributed by atoms with Gasteiger partial charge in [0.05, 0.1) is 0 Å². The van der Waals surface area contributed by atoms with Crippen LogP contribution >= 0.6 is 11.3 Å². The average Bonchev–Trinajstić information content (AvgIpc) is 3.27. The zero-order chi connectivity index (χ0) is 16.1. The third-order valence-electron chi connectivity index (χ3n) is 4.98. The van der Waals surface area contributed by atoms with E-state index in [1.54, 1.807) is 11.3 Å². The number of amides is 2. The van der Waals surface area contributed by atoms with E-state index in [2.05, 4.69) is 22.1 Å². The fourth-order valence-electron chi connectivity index (χ4n) is 3.50. The van der Waals surface area contributed by atoms with E-state index in [1.807, 2.05) is 6.07 Å². The van der Waals surface area contributed by atoms with Crippen molar-refractivity contribution in [2.24, 2.45) is 0 Å². The number of thiophene rings is 1. The van der Waals surface area contributed by atoms with Gasteiger partial charge in [0.1, 0.15) is 0 Å². The second kappa shape index (κ2) is 7.45. The maximum absolute atomic E-state index is 12.1. The molecule has 126 valence electrons. The zero-order valence-electron chi connectivity index (χ0n) is 13.3. The molecular weight excluding hydrogens is 312 g/mol. The van der Waals surface area contributed by atoms with E-state index in [4.69, 9.17) is 4.74 Å². The molecule has 0 atom stereocenters. The topological polar surface area (TPSA) is 67.4 Å². The Kier molecular flexibility index (Phi) is 5.33. The van der Waals surface area contributed by atoms with Crippen LogP contribution in [0.5, 0.6) is 0 Å². The molecule has 2 amide bonds. The van der Waals surface area contributed by atoms with Crippen molar-refractivity contribution in [1.29, 1.82) is 0 Å². The van der Waals surface area contributed by atoms with Crippen LogP contribution in [0, 0.1) is 0 Å². The number of nitrogens with one attached hydrogen (secondary N) is 2. The van der Waals surface area contributed by atoms with Gasteiger partial charge >= 0.3 is 11.8 Å². The molecule has 1 saturated heterocycles. The molecule has 2 N–H and O–H groups in total. The van der Waals surface area contributed by atoms with E-state index < -0.39 is 11.8 Å². The smallest absolute Gasteiger partial charge is 0.309 e. The number of hydrogen-bond donors (Lipinski definition) is 2. The van der Waals surface area contributed by atoms with Crippen molar-refractivity contribution in [2.45, 2.75) is 50.0 Å². The lowest BCUT2D eigenvalue weighted by molar-refractivity contribution is -0.139. The van der Waals surface area contributed by atoms with Gasteiger partial charge in [-0.3, -0.25) is 9.59 Å². The van der Waals surface area contributed by atoms with Gasteiger partial charge in [-0.2, -0.15) is 0 Å². The van der Waals surface area contributed by atoms with E-state index in [-0.39, 0.29) is 11.5 Å².